The first kappa shape index (κ1) is 50.7. The lowest BCUT2D eigenvalue weighted by molar-refractivity contribution is -0.870. The number of esters is 2. The molecule has 3 atom stereocenters. The number of carbonyl (C=O) groups excluding carboxylic acids is 2. The average Bonchev–Trinajstić information content (AvgIpc) is 3.10. The quantitative estimate of drug-likeness (QED) is 0.0162. The van der Waals surface area contributed by atoms with Crippen molar-refractivity contribution < 1.29 is 47.2 Å². The summed E-state index contributed by atoms with van der Waals surface area (Å²) in [6.07, 6.45) is 35.9. The number of carbonyl (C=O) groups is 2. The summed E-state index contributed by atoms with van der Waals surface area (Å²) in [5, 5.41) is 10.1. The summed E-state index contributed by atoms with van der Waals surface area (Å²) < 4.78 is 34.1. The van der Waals surface area contributed by atoms with Gasteiger partial charge in [0, 0.05) is 12.8 Å². The standard InChI is InChI=1S/C42H74NO9P/c1-6-8-10-12-14-15-16-17-21-25-29-33-41(45)49-37-40(38-51-53(47,48)50-36-35-43(3,4)5)52-42(46)34-30-26-22-18-20-24-28-32-39(44)31-27-23-19-13-11-9-7-2/h12,14,18-19,22-24,27-28,31,39-40,44H,6-11,13,15-17,20-21,25-26,29-30,32-38H2,1-5H3/p+1/b14-12-,22-18+,23-19-,28-24-,31-27-/t39-,40+/m0/s1. The Morgan fingerprint density at radius 2 is 1.28 bits per heavy atom. The van der Waals surface area contributed by atoms with Gasteiger partial charge in [0.15, 0.2) is 6.10 Å². The number of ether oxygens (including phenoxy) is 2. The first-order chi connectivity index (χ1) is 25.4. The lowest BCUT2D eigenvalue weighted by atomic mass is 10.1. The molecule has 0 amide bonds. The highest BCUT2D eigenvalue weighted by atomic mass is 31.2. The monoisotopic (exact) mass is 769 g/mol. The zero-order valence-electron chi connectivity index (χ0n) is 33.8. The summed E-state index contributed by atoms with van der Waals surface area (Å²) in [4.78, 5) is 35.2. The molecule has 306 valence electrons. The molecule has 0 heterocycles. The molecule has 0 aromatic carbocycles. The third-order valence-electron chi connectivity index (χ3n) is 8.10. The Balaban J connectivity index is 4.60. The van der Waals surface area contributed by atoms with Gasteiger partial charge in [-0.2, -0.15) is 0 Å². The highest BCUT2D eigenvalue weighted by Crippen LogP contribution is 2.43. The van der Waals surface area contributed by atoms with E-state index in [0.29, 0.717) is 36.7 Å². The lowest BCUT2D eigenvalue weighted by Gasteiger charge is -2.24. The fraction of sp³-hybridized carbons (Fsp3) is 0.714. The number of allylic oxidation sites excluding steroid dienone is 8. The molecule has 11 heteroatoms. The second-order valence-corrected chi connectivity index (χ2v) is 16.0. The van der Waals surface area contributed by atoms with Crippen LogP contribution < -0.4 is 0 Å². The molecule has 1 unspecified atom stereocenters. The van der Waals surface area contributed by atoms with Crippen LogP contribution in [-0.2, 0) is 32.7 Å². The van der Waals surface area contributed by atoms with Crippen molar-refractivity contribution in [1.82, 2.24) is 0 Å². The Morgan fingerprint density at radius 3 is 2.02 bits per heavy atom. The van der Waals surface area contributed by atoms with Gasteiger partial charge >= 0.3 is 19.8 Å². The van der Waals surface area contributed by atoms with Crippen LogP contribution in [0.15, 0.2) is 60.8 Å². The van der Waals surface area contributed by atoms with E-state index in [0.717, 1.165) is 51.4 Å². The second kappa shape index (κ2) is 34.2. The van der Waals surface area contributed by atoms with Gasteiger partial charge in [-0.1, -0.05) is 120 Å². The molecular formula is C42H75NO9P+. The van der Waals surface area contributed by atoms with E-state index in [-0.39, 0.29) is 26.1 Å². The number of hydrogen-bond acceptors (Lipinski definition) is 8. The van der Waals surface area contributed by atoms with E-state index in [1.54, 1.807) is 6.08 Å². The number of phosphoric acid groups is 1. The van der Waals surface area contributed by atoms with E-state index < -0.39 is 38.6 Å². The van der Waals surface area contributed by atoms with Crippen LogP contribution in [0.5, 0.6) is 0 Å². The highest BCUT2D eigenvalue weighted by molar-refractivity contribution is 7.47. The average molecular weight is 769 g/mol. The summed E-state index contributed by atoms with van der Waals surface area (Å²) >= 11 is 0. The highest BCUT2D eigenvalue weighted by Gasteiger charge is 2.27. The molecule has 0 saturated heterocycles. The number of aliphatic hydroxyl groups excluding tert-OH is 1. The molecule has 0 radical (unpaired) electrons. The molecule has 0 aliphatic rings. The van der Waals surface area contributed by atoms with E-state index in [2.05, 4.69) is 32.1 Å². The number of likely N-dealkylation sites (N-methyl/N-ethyl adjacent to an activating group) is 1. The smallest absolute Gasteiger partial charge is 0.462 e. The minimum atomic E-state index is -4.40. The number of phosphoric ester groups is 1. The number of unbranched alkanes of at least 4 members (excludes halogenated alkanes) is 11. The number of aliphatic hydroxyl groups is 1. The number of quaternary nitrogens is 1. The van der Waals surface area contributed by atoms with Crippen molar-refractivity contribution in [2.24, 2.45) is 0 Å². The Kier molecular flexibility index (Phi) is 32.7. The van der Waals surface area contributed by atoms with Crippen LogP contribution in [0.4, 0.5) is 0 Å². The van der Waals surface area contributed by atoms with Gasteiger partial charge < -0.3 is 24.0 Å². The third kappa shape index (κ3) is 37.8. The van der Waals surface area contributed by atoms with Crippen molar-refractivity contribution in [3.05, 3.63) is 60.8 Å². The van der Waals surface area contributed by atoms with Gasteiger partial charge in [-0.3, -0.25) is 18.6 Å². The fourth-order valence-corrected chi connectivity index (χ4v) is 5.57. The molecule has 10 nitrogen and oxygen atoms in total. The zero-order chi connectivity index (χ0) is 39.5. The molecule has 0 rings (SSSR count). The summed E-state index contributed by atoms with van der Waals surface area (Å²) in [5.74, 6) is -0.925. The Bertz CT molecular complexity index is 1110. The van der Waals surface area contributed by atoms with Gasteiger partial charge in [0.2, 0.25) is 0 Å². The van der Waals surface area contributed by atoms with Crippen molar-refractivity contribution in [2.45, 2.75) is 148 Å². The topological polar surface area (TPSA) is 129 Å². The van der Waals surface area contributed by atoms with Crippen molar-refractivity contribution in [2.75, 3.05) is 47.5 Å². The van der Waals surface area contributed by atoms with Crippen LogP contribution in [0, 0.1) is 0 Å². The molecule has 0 spiro atoms. The van der Waals surface area contributed by atoms with Crippen molar-refractivity contribution >= 4 is 19.8 Å². The van der Waals surface area contributed by atoms with Crippen molar-refractivity contribution in [1.29, 1.82) is 0 Å². The van der Waals surface area contributed by atoms with Crippen LogP contribution in [-0.4, -0.2) is 86.1 Å². The SMILES string of the molecule is CCCC/C=C\CCCCCCCC(=O)OC[C@H](COP(=O)(O)OCC[N+](C)(C)C)OC(=O)CCC/C=C/C/C=C\C[C@@H](O)/C=C\C=C/CCCCC. The van der Waals surface area contributed by atoms with Gasteiger partial charge in [0.25, 0.3) is 0 Å². The normalized spacial score (nSPS) is 14.9. The van der Waals surface area contributed by atoms with Gasteiger partial charge in [-0.05, 0) is 64.2 Å². The molecule has 0 aromatic rings. The predicted octanol–water partition coefficient (Wildman–Crippen LogP) is 9.87. The Morgan fingerprint density at radius 1 is 0.679 bits per heavy atom. The number of rotatable bonds is 35. The first-order valence-corrected chi connectivity index (χ1v) is 21.6. The summed E-state index contributed by atoms with van der Waals surface area (Å²) in [7, 11) is 1.39. The van der Waals surface area contributed by atoms with Crippen LogP contribution >= 0.6 is 7.82 Å². The van der Waals surface area contributed by atoms with Crippen LogP contribution in [0.1, 0.15) is 136 Å². The first-order valence-electron chi connectivity index (χ1n) is 20.1. The van der Waals surface area contributed by atoms with Gasteiger partial charge in [-0.25, -0.2) is 4.57 Å². The van der Waals surface area contributed by atoms with Crippen LogP contribution in [0.25, 0.3) is 0 Å². The molecule has 0 aromatic heterocycles. The lowest BCUT2D eigenvalue weighted by Crippen LogP contribution is -2.37. The molecule has 0 aliphatic heterocycles. The number of nitrogens with zero attached hydrogens (tertiary/aromatic N) is 1. The second-order valence-electron chi connectivity index (χ2n) is 14.5. The zero-order valence-corrected chi connectivity index (χ0v) is 34.7. The van der Waals surface area contributed by atoms with Crippen molar-refractivity contribution in [3.8, 4) is 0 Å². The van der Waals surface area contributed by atoms with E-state index in [1.165, 1.54) is 32.1 Å². The summed E-state index contributed by atoms with van der Waals surface area (Å²) in [6.45, 7) is 4.15. The molecular weight excluding hydrogens is 693 g/mol. The van der Waals surface area contributed by atoms with Gasteiger partial charge in [0.1, 0.15) is 19.8 Å². The minimum Gasteiger partial charge on any atom is -0.462 e. The molecule has 0 saturated carbocycles. The number of hydrogen-bond donors (Lipinski definition) is 2. The summed E-state index contributed by atoms with van der Waals surface area (Å²) in [6, 6.07) is 0. The third-order valence-corrected chi connectivity index (χ3v) is 9.08. The van der Waals surface area contributed by atoms with Crippen LogP contribution in [0.3, 0.4) is 0 Å². The molecule has 2 N–H and O–H groups in total. The van der Waals surface area contributed by atoms with E-state index in [4.69, 9.17) is 18.5 Å². The molecule has 0 aliphatic carbocycles. The minimum absolute atomic E-state index is 0.00606. The fourth-order valence-electron chi connectivity index (χ4n) is 4.83. The van der Waals surface area contributed by atoms with E-state index in [9.17, 15) is 24.2 Å². The maximum atomic E-state index is 12.6. The maximum absolute atomic E-state index is 12.6. The predicted molar refractivity (Wildman–Crippen MR) is 216 cm³/mol. The van der Waals surface area contributed by atoms with Gasteiger partial charge in [0.05, 0.1) is 33.9 Å². The van der Waals surface area contributed by atoms with E-state index in [1.807, 2.05) is 57.6 Å². The van der Waals surface area contributed by atoms with Crippen LogP contribution in [0.2, 0.25) is 0 Å². The maximum Gasteiger partial charge on any atom is 0.472 e. The Hall–Kier alpha value is -2.33. The van der Waals surface area contributed by atoms with Crippen molar-refractivity contribution in [3.63, 3.8) is 0 Å². The van der Waals surface area contributed by atoms with Gasteiger partial charge in [-0.15, -0.1) is 0 Å². The summed E-state index contributed by atoms with van der Waals surface area (Å²) in [5.41, 5.74) is 0. The largest absolute Gasteiger partial charge is 0.472 e. The molecule has 53 heavy (non-hydrogen) atoms. The Labute approximate surface area is 322 Å². The van der Waals surface area contributed by atoms with E-state index >= 15 is 0 Å². The molecule has 0 fully saturated rings. The molecule has 0 bridgehead atoms.